The molecular weight excluding hydrogens is 699 g/mol. The number of aliphatic hydroxyl groups excluding tert-OH is 1. The number of carbonyl (C=O) groups excluding carboxylic acids is 1. The third-order valence-corrected chi connectivity index (χ3v) is 10.7. The maximum absolute atomic E-state index is 13.6. The maximum atomic E-state index is 13.6. The molecule has 1 saturated heterocycles. The number of aromatic nitrogens is 2. The molecule has 13 heteroatoms. The second-order valence-corrected chi connectivity index (χ2v) is 14.5. The lowest BCUT2D eigenvalue weighted by Crippen LogP contribution is -2.45. The summed E-state index contributed by atoms with van der Waals surface area (Å²) >= 11 is 12.4. The Labute approximate surface area is 301 Å². The number of aryl methyl sites for hydroxylation is 1. The van der Waals surface area contributed by atoms with Crippen molar-refractivity contribution in [3.63, 3.8) is 0 Å². The fourth-order valence-corrected chi connectivity index (χ4v) is 7.19. The van der Waals surface area contributed by atoms with Crippen LogP contribution in [-0.2, 0) is 43.9 Å². The minimum atomic E-state index is -3.99. The molecule has 1 aliphatic rings. The SMILES string of the molecule is Cc1ccc(S(=O)(=O)N[C@H](Cc2ccccc2)C(=O)Nc2ccc([C@@H]3O[C@H](Cn4cnc(Cl)c4Cl)C[C@H](c4ccc(CO)cc4)O3)cc2)cc1. The molecule has 0 unspecified atom stereocenters. The standard InChI is InChI=1S/C37H36Cl2N4O6S/c1-24-7-17-31(18-8-24)50(46,47)42-32(19-25-5-3-2-4-6-25)36(45)41-29-15-13-28(14-16-29)37-48-30(21-43-23-40-34(38)35(43)39)20-33(49-37)27-11-9-26(22-44)10-12-27/h2-18,23,30,32-33,37,42,44H,19-22H2,1H3,(H,41,45)/t30-,32+,33+,37+/m0/s1. The predicted molar refractivity (Wildman–Crippen MR) is 191 cm³/mol. The fraction of sp³-hybridized carbons (Fsp3) is 0.243. The molecule has 4 atom stereocenters. The van der Waals surface area contributed by atoms with Gasteiger partial charge < -0.3 is 24.5 Å². The lowest BCUT2D eigenvalue weighted by molar-refractivity contribution is -0.252. The van der Waals surface area contributed by atoms with Gasteiger partial charge in [-0.05, 0) is 54.3 Å². The number of nitrogens with one attached hydrogen (secondary N) is 2. The van der Waals surface area contributed by atoms with Gasteiger partial charge in [-0.25, -0.2) is 13.4 Å². The van der Waals surface area contributed by atoms with Gasteiger partial charge in [0.15, 0.2) is 11.4 Å². The van der Waals surface area contributed by atoms with Gasteiger partial charge in [-0.2, -0.15) is 4.72 Å². The van der Waals surface area contributed by atoms with Crippen LogP contribution in [0.1, 0.15) is 46.6 Å². The van der Waals surface area contributed by atoms with Gasteiger partial charge in [0.05, 0.1) is 36.6 Å². The number of halogens is 2. The lowest BCUT2D eigenvalue weighted by atomic mass is 10.00. The van der Waals surface area contributed by atoms with Gasteiger partial charge >= 0.3 is 0 Å². The highest BCUT2D eigenvalue weighted by molar-refractivity contribution is 7.89. The minimum absolute atomic E-state index is 0.0609. The number of rotatable bonds is 12. The molecule has 10 nitrogen and oxygen atoms in total. The zero-order valence-electron chi connectivity index (χ0n) is 27.1. The highest BCUT2D eigenvalue weighted by atomic mass is 35.5. The number of amides is 1. The molecule has 1 amide bonds. The van der Waals surface area contributed by atoms with Crippen LogP contribution in [0.4, 0.5) is 5.69 Å². The first-order valence-electron chi connectivity index (χ1n) is 16.0. The number of ether oxygens (including phenoxy) is 2. The quantitative estimate of drug-likeness (QED) is 0.129. The van der Waals surface area contributed by atoms with E-state index in [0.717, 1.165) is 22.3 Å². The summed E-state index contributed by atoms with van der Waals surface area (Å²) in [5.41, 5.74) is 4.62. The van der Waals surface area contributed by atoms with E-state index in [-0.39, 0.29) is 35.3 Å². The van der Waals surface area contributed by atoms with Crippen molar-refractivity contribution in [3.05, 3.63) is 148 Å². The van der Waals surface area contributed by atoms with Gasteiger partial charge in [-0.3, -0.25) is 4.79 Å². The molecule has 0 radical (unpaired) electrons. The molecule has 260 valence electrons. The second-order valence-electron chi connectivity index (χ2n) is 12.1. The van der Waals surface area contributed by atoms with Crippen molar-refractivity contribution >= 4 is 44.8 Å². The first-order valence-corrected chi connectivity index (χ1v) is 18.2. The van der Waals surface area contributed by atoms with E-state index in [1.54, 1.807) is 47.3 Å². The summed E-state index contributed by atoms with van der Waals surface area (Å²) in [7, 11) is -3.99. The average molecular weight is 736 g/mol. The highest BCUT2D eigenvalue weighted by Crippen LogP contribution is 2.39. The van der Waals surface area contributed by atoms with Gasteiger partial charge in [-0.15, -0.1) is 0 Å². The topological polar surface area (TPSA) is 132 Å². The average Bonchev–Trinajstić information content (AvgIpc) is 3.44. The Kier molecular flexibility index (Phi) is 11.3. The number of anilines is 1. The Balaban J connectivity index is 1.20. The van der Waals surface area contributed by atoms with E-state index in [9.17, 15) is 18.3 Å². The van der Waals surface area contributed by atoms with E-state index in [1.165, 1.54) is 12.1 Å². The Morgan fingerprint density at radius 1 is 0.920 bits per heavy atom. The van der Waals surface area contributed by atoms with Crippen LogP contribution in [0.3, 0.4) is 0 Å². The van der Waals surface area contributed by atoms with Gasteiger partial charge in [-0.1, -0.05) is 108 Å². The van der Waals surface area contributed by atoms with Crippen LogP contribution in [0.15, 0.2) is 114 Å². The molecule has 1 aliphatic heterocycles. The van der Waals surface area contributed by atoms with Crippen LogP contribution >= 0.6 is 23.2 Å². The predicted octanol–water partition coefficient (Wildman–Crippen LogP) is 6.76. The van der Waals surface area contributed by atoms with Gasteiger partial charge in [0.1, 0.15) is 11.2 Å². The maximum Gasteiger partial charge on any atom is 0.242 e. The van der Waals surface area contributed by atoms with Gasteiger partial charge in [0.2, 0.25) is 15.9 Å². The highest BCUT2D eigenvalue weighted by Gasteiger charge is 2.33. The molecule has 3 N–H and O–H groups in total. The number of hydrogen-bond acceptors (Lipinski definition) is 7. The first kappa shape index (κ1) is 35.7. The first-order chi connectivity index (χ1) is 24.1. The van der Waals surface area contributed by atoms with Crippen molar-refractivity contribution < 1.29 is 27.8 Å². The summed E-state index contributed by atoms with van der Waals surface area (Å²) < 4.78 is 43.7. The molecule has 6 rings (SSSR count). The van der Waals surface area contributed by atoms with Crippen LogP contribution in [0.5, 0.6) is 0 Å². The smallest absolute Gasteiger partial charge is 0.242 e. The summed E-state index contributed by atoms with van der Waals surface area (Å²) in [6.45, 7) is 2.20. The van der Waals surface area contributed by atoms with Crippen molar-refractivity contribution in [1.82, 2.24) is 14.3 Å². The number of nitrogens with zero attached hydrogens (tertiary/aromatic N) is 2. The summed E-state index contributed by atoms with van der Waals surface area (Å²) in [6.07, 6.45) is 0.825. The lowest BCUT2D eigenvalue weighted by Gasteiger charge is -2.36. The Hall–Kier alpha value is -4.07. The normalized spacial score (nSPS) is 18.4. The molecule has 0 spiro atoms. The van der Waals surface area contributed by atoms with Crippen LogP contribution in [0.25, 0.3) is 0 Å². The van der Waals surface area contributed by atoms with Crippen LogP contribution in [0, 0.1) is 6.92 Å². The van der Waals surface area contributed by atoms with E-state index in [0.29, 0.717) is 29.4 Å². The number of sulfonamides is 1. The third kappa shape index (κ3) is 8.80. The molecule has 2 heterocycles. The number of benzene rings is 4. The zero-order chi connectivity index (χ0) is 35.3. The van der Waals surface area contributed by atoms with E-state index in [4.69, 9.17) is 32.7 Å². The molecule has 0 aliphatic carbocycles. The van der Waals surface area contributed by atoms with E-state index in [2.05, 4.69) is 15.0 Å². The van der Waals surface area contributed by atoms with E-state index >= 15 is 0 Å². The number of imidazole rings is 1. The molecule has 1 aromatic heterocycles. The van der Waals surface area contributed by atoms with Crippen molar-refractivity contribution in [3.8, 4) is 0 Å². The Morgan fingerprint density at radius 2 is 1.60 bits per heavy atom. The van der Waals surface area contributed by atoms with Crippen LogP contribution < -0.4 is 10.0 Å². The molecule has 0 bridgehead atoms. The van der Waals surface area contributed by atoms with Gasteiger partial charge in [0.25, 0.3) is 0 Å². The van der Waals surface area contributed by atoms with Crippen molar-refractivity contribution in [2.24, 2.45) is 0 Å². The summed E-state index contributed by atoms with van der Waals surface area (Å²) in [4.78, 5) is 17.8. The second kappa shape index (κ2) is 15.9. The van der Waals surface area contributed by atoms with Crippen LogP contribution in [-0.4, -0.2) is 41.1 Å². The molecule has 1 fully saturated rings. The zero-order valence-corrected chi connectivity index (χ0v) is 29.4. The summed E-state index contributed by atoms with van der Waals surface area (Å²) in [5.74, 6) is -0.509. The molecule has 50 heavy (non-hydrogen) atoms. The van der Waals surface area contributed by atoms with E-state index in [1.807, 2.05) is 61.5 Å². The van der Waals surface area contributed by atoms with Crippen molar-refractivity contribution in [2.45, 2.75) is 62.4 Å². The molecular formula is C37H36Cl2N4O6S. The monoisotopic (exact) mass is 734 g/mol. The van der Waals surface area contributed by atoms with Crippen LogP contribution in [0.2, 0.25) is 10.3 Å². The number of carbonyl (C=O) groups is 1. The number of hydrogen-bond donors (Lipinski definition) is 3. The minimum Gasteiger partial charge on any atom is -0.392 e. The largest absolute Gasteiger partial charge is 0.392 e. The summed E-state index contributed by atoms with van der Waals surface area (Å²) in [6, 6.07) is 29.2. The summed E-state index contributed by atoms with van der Waals surface area (Å²) in [5, 5.41) is 12.9. The molecule has 4 aromatic carbocycles. The Morgan fingerprint density at radius 3 is 2.24 bits per heavy atom. The van der Waals surface area contributed by atoms with Crippen molar-refractivity contribution in [1.29, 1.82) is 0 Å². The van der Waals surface area contributed by atoms with Gasteiger partial charge in [0, 0.05) is 17.7 Å². The molecule has 5 aromatic rings. The van der Waals surface area contributed by atoms with Crippen molar-refractivity contribution in [2.75, 3.05) is 5.32 Å². The third-order valence-electron chi connectivity index (χ3n) is 8.43. The van der Waals surface area contributed by atoms with E-state index < -0.39 is 28.3 Å². The Bertz CT molecular complexity index is 2010. The number of aliphatic hydroxyl groups is 1. The fourth-order valence-electron chi connectivity index (χ4n) is 5.69. The molecule has 0 saturated carbocycles.